The molecule has 34 heavy (non-hydrogen) atoms. The van der Waals surface area contributed by atoms with Gasteiger partial charge in [0, 0.05) is 12.3 Å². The average Bonchev–Trinajstić information content (AvgIpc) is 3.41. The molecule has 0 atom stereocenters. The first-order valence-corrected chi connectivity index (χ1v) is 11.8. The maximum absolute atomic E-state index is 13.5. The van der Waals surface area contributed by atoms with Gasteiger partial charge in [0.15, 0.2) is 10.7 Å². The Balaban J connectivity index is 1.45. The van der Waals surface area contributed by atoms with E-state index >= 15 is 0 Å². The quantitative estimate of drug-likeness (QED) is 0.354. The SMILES string of the molecule is Cc1ccccc1-n1c(=O)c2ccccc2n2c(SCCn3c(=O)oc4ccccc43)nnc12. The largest absolute Gasteiger partial charge is 0.419 e. The number of oxazole rings is 1. The summed E-state index contributed by atoms with van der Waals surface area (Å²) in [4.78, 5) is 25.8. The number of thioether (sulfide) groups is 1. The van der Waals surface area contributed by atoms with Crippen molar-refractivity contribution in [2.24, 2.45) is 0 Å². The summed E-state index contributed by atoms with van der Waals surface area (Å²) >= 11 is 1.47. The molecule has 0 fully saturated rings. The highest BCUT2D eigenvalue weighted by Gasteiger charge is 2.19. The molecule has 0 saturated carbocycles. The van der Waals surface area contributed by atoms with E-state index in [-0.39, 0.29) is 11.3 Å². The molecule has 0 aliphatic rings. The molecule has 0 saturated heterocycles. The fourth-order valence-electron chi connectivity index (χ4n) is 4.26. The van der Waals surface area contributed by atoms with Crippen molar-refractivity contribution in [3.63, 3.8) is 0 Å². The molecule has 0 bridgehead atoms. The lowest BCUT2D eigenvalue weighted by atomic mass is 10.2. The summed E-state index contributed by atoms with van der Waals surface area (Å²) in [5.74, 6) is 0.639. The molecule has 3 aromatic carbocycles. The van der Waals surface area contributed by atoms with Gasteiger partial charge in [-0.1, -0.05) is 54.2 Å². The summed E-state index contributed by atoms with van der Waals surface area (Å²) in [6, 6.07) is 22.5. The van der Waals surface area contributed by atoms with Crippen molar-refractivity contribution in [2.45, 2.75) is 18.6 Å². The highest BCUT2D eigenvalue weighted by atomic mass is 32.2. The van der Waals surface area contributed by atoms with Crippen LogP contribution in [0.15, 0.2) is 92.0 Å². The normalized spacial score (nSPS) is 11.7. The van der Waals surface area contributed by atoms with Gasteiger partial charge in [0.2, 0.25) is 5.78 Å². The van der Waals surface area contributed by atoms with Crippen molar-refractivity contribution in [2.75, 3.05) is 5.75 Å². The molecule has 3 heterocycles. The van der Waals surface area contributed by atoms with Gasteiger partial charge < -0.3 is 4.42 Å². The lowest BCUT2D eigenvalue weighted by Crippen LogP contribution is -2.22. The van der Waals surface area contributed by atoms with Crippen LogP contribution >= 0.6 is 11.8 Å². The Bertz CT molecular complexity index is 1810. The van der Waals surface area contributed by atoms with E-state index in [2.05, 4.69) is 10.2 Å². The van der Waals surface area contributed by atoms with Gasteiger partial charge in [-0.05, 0) is 42.8 Å². The molecule has 6 aromatic rings. The van der Waals surface area contributed by atoms with E-state index < -0.39 is 0 Å². The minimum Gasteiger partial charge on any atom is -0.408 e. The van der Waals surface area contributed by atoms with Crippen LogP contribution in [0.5, 0.6) is 0 Å². The summed E-state index contributed by atoms with van der Waals surface area (Å²) in [6.07, 6.45) is 0. The molecule has 0 N–H and O–H groups in total. The van der Waals surface area contributed by atoms with Gasteiger partial charge in [-0.15, -0.1) is 10.2 Å². The first kappa shape index (κ1) is 20.5. The Morgan fingerprint density at radius 2 is 1.62 bits per heavy atom. The molecule has 0 radical (unpaired) electrons. The minimum atomic E-state index is -0.383. The third-order valence-corrected chi connectivity index (χ3v) is 6.78. The van der Waals surface area contributed by atoms with Crippen LogP contribution in [0.3, 0.4) is 0 Å². The maximum Gasteiger partial charge on any atom is 0.419 e. The molecular weight excluding hydrogens is 450 g/mol. The zero-order chi connectivity index (χ0) is 23.2. The van der Waals surface area contributed by atoms with Crippen molar-refractivity contribution in [3.8, 4) is 5.69 Å². The molecule has 0 spiro atoms. The highest BCUT2D eigenvalue weighted by molar-refractivity contribution is 7.99. The smallest absolute Gasteiger partial charge is 0.408 e. The summed E-state index contributed by atoms with van der Waals surface area (Å²) in [6.45, 7) is 2.41. The predicted octanol–water partition coefficient (Wildman–Crippen LogP) is 4.04. The van der Waals surface area contributed by atoms with Crippen LogP contribution in [0.2, 0.25) is 0 Å². The Labute approximate surface area is 197 Å². The van der Waals surface area contributed by atoms with E-state index in [0.29, 0.717) is 34.2 Å². The van der Waals surface area contributed by atoms with Crippen molar-refractivity contribution in [1.29, 1.82) is 0 Å². The van der Waals surface area contributed by atoms with Crippen LogP contribution in [-0.2, 0) is 6.54 Å². The van der Waals surface area contributed by atoms with E-state index in [1.54, 1.807) is 15.2 Å². The van der Waals surface area contributed by atoms with Crippen molar-refractivity contribution < 1.29 is 4.42 Å². The molecular formula is C25H19N5O3S. The fraction of sp³-hybridized carbons (Fsp3) is 0.120. The molecule has 6 rings (SSSR count). The van der Waals surface area contributed by atoms with Crippen LogP contribution in [-0.4, -0.2) is 29.5 Å². The zero-order valence-electron chi connectivity index (χ0n) is 18.2. The van der Waals surface area contributed by atoms with Crippen LogP contribution in [0.1, 0.15) is 5.56 Å². The van der Waals surface area contributed by atoms with E-state index in [0.717, 1.165) is 22.3 Å². The van der Waals surface area contributed by atoms with Gasteiger partial charge in [-0.2, -0.15) is 0 Å². The number of hydrogen-bond donors (Lipinski definition) is 0. The minimum absolute atomic E-state index is 0.141. The maximum atomic E-state index is 13.5. The van der Waals surface area contributed by atoms with Gasteiger partial charge in [-0.25, -0.2) is 9.36 Å². The lowest BCUT2D eigenvalue weighted by Gasteiger charge is -2.13. The van der Waals surface area contributed by atoms with E-state index in [1.807, 2.05) is 78.1 Å². The topological polar surface area (TPSA) is 87.3 Å². The monoisotopic (exact) mass is 469 g/mol. The van der Waals surface area contributed by atoms with Crippen molar-refractivity contribution in [3.05, 3.63) is 99.3 Å². The summed E-state index contributed by atoms with van der Waals surface area (Å²) in [5.41, 5.74) is 3.66. The highest BCUT2D eigenvalue weighted by Crippen LogP contribution is 2.24. The second-order valence-corrected chi connectivity index (χ2v) is 8.96. The number of aryl methyl sites for hydroxylation is 2. The Hall–Kier alpha value is -4.11. The van der Waals surface area contributed by atoms with Gasteiger partial charge in [0.25, 0.3) is 5.56 Å². The first-order valence-electron chi connectivity index (χ1n) is 10.8. The molecule has 0 amide bonds. The summed E-state index contributed by atoms with van der Waals surface area (Å²) in [7, 11) is 0. The summed E-state index contributed by atoms with van der Waals surface area (Å²) in [5, 5.41) is 10.0. The molecule has 9 heteroatoms. The fourth-order valence-corrected chi connectivity index (χ4v) is 5.12. The Morgan fingerprint density at radius 1 is 0.882 bits per heavy atom. The number of nitrogens with zero attached hydrogens (tertiary/aromatic N) is 5. The number of para-hydroxylation sites is 4. The number of fused-ring (bicyclic) bond motifs is 4. The number of aromatic nitrogens is 5. The second kappa shape index (κ2) is 8.03. The average molecular weight is 470 g/mol. The molecule has 8 nitrogen and oxygen atoms in total. The van der Waals surface area contributed by atoms with E-state index in [9.17, 15) is 9.59 Å². The van der Waals surface area contributed by atoms with Crippen LogP contribution in [0, 0.1) is 6.92 Å². The zero-order valence-corrected chi connectivity index (χ0v) is 19.0. The second-order valence-electron chi connectivity index (χ2n) is 7.90. The Kier molecular flexibility index (Phi) is 4.84. The van der Waals surface area contributed by atoms with Crippen molar-refractivity contribution in [1.82, 2.24) is 23.7 Å². The molecule has 168 valence electrons. The van der Waals surface area contributed by atoms with Crippen LogP contribution < -0.4 is 11.3 Å². The third-order valence-electron chi connectivity index (χ3n) is 5.87. The van der Waals surface area contributed by atoms with Gasteiger partial charge in [-0.3, -0.25) is 13.8 Å². The van der Waals surface area contributed by atoms with Gasteiger partial charge in [0.1, 0.15) is 0 Å². The van der Waals surface area contributed by atoms with E-state index in [1.165, 1.54) is 11.8 Å². The lowest BCUT2D eigenvalue weighted by molar-refractivity contribution is 0.514. The first-order chi connectivity index (χ1) is 16.6. The molecule has 0 aliphatic heterocycles. The van der Waals surface area contributed by atoms with Crippen molar-refractivity contribution >= 4 is 39.5 Å². The predicted molar refractivity (Wildman–Crippen MR) is 132 cm³/mol. The number of rotatable bonds is 5. The third kappa shape index (κ3) is 3.16. The van der Waals surface area contributed by atoms with E-state index in [4.69, 9.17) is 4.42 Å². The van der Waals surface area contributed by atoms with Crippen LogP contribution in [0.4, 0.5) is 0 Å². The number of benzene rings is 3. The Morgan fingerprint density at radius 3 is 2.47 bits per heavy atom. The molecule has 0 unspecified atom stereocenters. The van der Waals surface area contributed by atoms with Crippen LogP contribution in [0.25, 0.3) is 33.5 Å². The van der Waals surface area contributed by atoms with Gasteiger partial charge >= 0.3 is 5.76 Å². The van der Waals surface area contributed by atoms with Gasteiger partial charge in [0.05, 0.1) is 22.1 Å². The molecule has 3 aromatic heterocycles. The number of hydrogen-bond acceptors (Lipinski definition) is 6. The standard InChI is InChI=1S/C25H19N5O3S/c1-16-8-2-4-10-18(16)29-22(31)17-9-3-5-11-19(17)30-23(29)26-27-24(30)34-15-14-28-20-12-6-7-13-21(20)33-25(28)32/h2-13H,14-15H2,1H3. The molecule has 0 aliphatic carbocycles. The summed E-state index contributed by atoms with van der Waals surface area (Å²) < 4.78 is 10.5.